The van der Waals surface area contributed by atoms with Crippen molar-refractivity contribution >= 4 is 6.01 Å². The first-order chi connectivity index (χ1) is 10.3. The van der Waals surface area contributed by atoms with E-state index in [2.05, 4.69) is 27.0 Å². The van der Waals surface area contributed by atoms with Gasteiger partial charge in [-0.05, 0) is 18.6 Å². The summed E-state index contributed by atoms with van der Waals surface area (Å²) >= 11 is 0. The zero-order valence-corrected chi connectivity index (χ0v) is 12.2. The third kappa shape index (κ3) is 3.51. The van der Waals surface area contributed by atoms with E-state index in [0.29, 0.717) is 6.01 Å². The van der Waals surface area contributed by atoms with Crippen LogP contribution in [0.2, 0.25) is 0 Å². The van der Waals surface area contributed by atoms with Crippen LogP contribution < -0.4 is 9.64 Å². The molecule has 0 radical (unpaired) electrons. The smallest absolute Gasteiger partial charge is 0.318 e. The Hall–Kier alpha value is -2.11. The summed E-state index contributed by atoms with van der Waals surface area (Å²) in [5.74, 6) is 1.56. The van der Waals surface area contributed by atoms with Crippen LogP contribution >= 0.6 is 0 Å². The molecule has 3 heterocycles. The van der Waals surface area contributed by atoms with E-state index in [1.165, 1.54) is 0 Å². The van der Waals surface area contributed by atoms with E-state index in [4.69, 9.17) is 9.15 Å². The van der Waals surface area contributed by atoms with Crippen molar-refractivity contribution in [3.05, 3.63) is 30.4 Å². The van der Waals surface area contributed by atoms with Crippen molar-refractivity contribution in [2.45, 2.75) is 38.7 Å². The fourth-order valence-electron chi connectivity index (χ4n) is 2.46. The summed E-state index contributed by atoms with van der Waals surface area (Å²) in [6, 6.07) is 4.46. The molecule has 0 bridgehead atoms. The van der Waals surface area contributed by atoms with Crippen LogP contribution in [0, 0.1) is 0 Å². The summed E-state index contributed by atoms with van der Waals surface area (Å²) in [6.45, 7) is 3.85. The molecule has 21 heavy (non-hydrogen) atoms. The summed E-state index contributed by atoms with van der Waals surface area (Å²) in [5, 5.41) is 8.20. The zero-order valence-electron chi connectivity index (χ0n) is 12.2. The van der Waals surface area contributed by atoms with Gasteiger partial charge < -0.3 is 14.1 Å². The largest absolute Gasteiger partial charge is 0.489 e. The van der Waals surface area contributed by atoms with Crippen LogP contribution in [0.5, 0.6) is 5.75 Å². The van der Waals surface area contributed by atoms with Crippen LogP contribution in [0.15, 0.2) is 28.9 Å². The van der Waals surface area contributed by atoms with Gasteiger partial charge in [-0.15, -0.1) is 5.10 Å². The van der Waals surface area contributed by atoms with Crippen molar-refractivity contribution < 1.29 is 9.15 Å². The maximum Gasteiger partial charge on any atom is 0.318 e. The van der Waals surface area contributed by atoms with Crippen molar-refractivity contribution in [1.29, 1.82) is 0 Å². The first-order valence-electron chi connectivity index (χ1n) is 7.49. The molecule has 1 aliphatic heterocycles. The fourth-order valence-corrected chi connectivity index (χ4v) is 2.46. The molecule has 3 rings (SSSR count). The second-order valence-electron chi connectivity index (χ2n) is 5.22. The van der Waals surface area contributed by atoms with Gasteiger partial charge in [-0.1, -0.05) is 12.0 Å². The zero-order chi connectivity index (χ0) is 14.5. The second-order valence-corrected chi connectivity index (χ2v) is 5.22. The van der Waals surface area contributed by atoms with Crippen LogP contribution in [-0.2, 0) is 6.42 Å². The molecular weight excluding hydrogens is 268 g/mol. The lowest BCUT2D eigenvalue weighted by atomic mass is 10.1. The maximum atomic E-state index is 5.93. The highest BCUT2D eigenvalue weighted by molar-refractivity contribution is 5.25. The molecule has 0 N–H and O–H groups in total. The molecule has 2 aromatic rings. The molecule has 6 nitrogen and oxygen atoms in total. The van der Waals surface area contributed by atoms with Gasteiger partial charge in [-0.3, -0.25) is 4.98 Å². The van der Waals surface area contributed by atoms with Gasteiger partial charge in [0.2, 0.25) is 5.89 Å². The van der Waals surface area contributed by atoms with Gasteiger partial charge in [0.1, 0.15) is 11.9 Å². The predicted octanol–water partition coefficient (Wildman–Crippen LogP) is 2.46. The number of nitrogens with zero attached hydrogens (tertiary/aromatic N) is 4. The molecule has 0 spiro atoms. The Bertz CT molecular complexity index is 550. The minimum absolute atomic E-state index is 0.225. The highest BCUT2D eigenvalue weighted by atomic mass is 16.5. The Morgan fingerprint density at radius 1 is 1.33 bits per heavy atom. The lowest BCUT2D eigenvalue weighted by Crippen LogP contribution is -2.38. The molecule has 2 aromatic heterocycles. The Morgan fingerprint density at radius 2 is 2.19 bits per heavy atom. The molecule has 0 unspecified atom stereocenters. The molecule has 0 saturated carbocycles. The number of piperidine rings is 1. The van der Waals surface area contributed by atoms with Crippen molar-refractivity contribution in [3.63, 3.8) is 0 Å². The molecular formula is C15H20N4O2. The number of anilines is 1. The maximum absolute atomic E-state index is 5.93. The molecule has 0 atom stereocenters. The van der Waals surface area contributed by atoms with E-state index in [9.17, 15) is 0 Å². The van der Waals surface area contributed by atoms with Gasteiger partial charge in [0.15, 0.2) is 0 Å². The Balaban J connectivity index is 1.52. The van der Waals surface area contributed by atoms with Crippen molar-refractivity contribution in [1.82, 2.24) is 15.2 Å². The van der Waals surface area contributed by atoms with E-state index in [1.807, 2.05) is 12.1 Å². The fraction of sp³-hybridized carbons (Fsp3) is 0.533. The average Bonchev–Trinajstić information content (AvgIpc) is 2.98. The monoisotopic (exact) mass is 288 g/mol. The molecule has 0 aromatic carbocycles. The lowest BCUT2D eigenvalue weighted by molar-refractivity contribution is 0.168. The third-order valence-corrected chi connectivity index (χ3v) is 3.57. The molecule has 1 saturated heterocycles. The van der Waals surface area contributed by atoms with E-state index in [-0.39, 0.29) is 6.10 Å². The minimum atomic E-state index is 0.225. The first-order valence-corrected chi connectivity index (χ1v) is 7.49. The van der Waals surface area contributed by atoms with Crippen LogP contribution in [-0.4, -0.2) is 34.4 Å². The molecule has 6 heteroatoms. The molecule has 112 valence electrons. The third-order valence-electron chi connectivity index (χ3n) is 3.57. The van der Waals surface area contributed by atoms with Crippen molar-refractivity contribution in [2.24, 2.45) is 0 Å². The predicted molar refractivity (Wildman–Crippen MR) is 78.4 cm³/mol. The summed E-state index contributed by atoms with van der Waals surface area (Å²) in [6.07, 6.45) is 7.47. The topological polar surface area (TPSA) is 64.3 Å². The first kappa shape index (κ1) is 13.9. The highest BCUT2D eigenvalue weighted by Gasteiger charge is 2.24. The molecule has 1 aliphatic rings. The quantitative estimate of drug-likeness (QED) is 0.842. The lowest BCUT2D eigenvalue weighted by Gasteiger charge is -2.30. The number of ether oxygens (including phenoxy) is 1. The normalized spacial score (nSPS) is 16.1. The summed E-state index contributed by atoms with van der Waals surface area (Å²) in [5.41, 5.74) is 0. The van der Waals surface area contributed by atoms with Gasteiger partial charge in [-0.25, -0.2) is 0 Å². The van der Waals surface area contributed by atoms with Gasteiger partial charge in [-0.2, -0.15) is 0 Å². The number of aryl methyl sites for hydroxylation is 1. The minimum Gasteiger partial charge on any atom is -0.489 e. The number of pyridine rings is 1. The molecule has 1 fully saturated rings. The van der Waals surface area contributed by atoms with Gasteiger partial charge >= 0.3 is 6.01 Å². The number of rotatable bonds is 5. The van der Waals surface area contributed by atoms with E-state index < -0.39 is 0 Å². The SMILES string of the molecule is CCCc1nnc(N2CCC(Oc3cccnc3)CC2)o1. The Labute approximate surface area is 124 Å². The van der Waals surface area contributed by atoms with E-state index in [1.54, 1.807) is 12.4 Å². The van der Waals surface area contributed by atoms with Crippen LogP contribution in [0.3, 0.4) is 0 Å². The Kier molecular flexibility index (Phi) is 4.33. The highest BCUT2D eigenvalue weighted by Crippen LogP contribution is 2.22. The van der Waals surface area contributed by atoms with Gasteiger partial charge in [0, 0.05) is 38.5 Å². The second kappa shape index (κ2) is 6.56. The number of aromatic nitrogens is 3. The van der Waals surface area contributed by atoms with Gasteiger partial charge in [0.05, 0.1) is 6.20 Å². The van der Waals surface area contributed by atoms with E-state index in [0.717, 1.165) is 50.4 Å². The van der Waals surface area contributed by atoms with E-state index >= 15 is 0 Å². The van der Waals surface area contributed by atoms with Crippen molar-refractivity contribution in [3.8, 4) is 5.75 Å². The standard InChI is InChI=1S/C15H20N4O2/c1-2-4-14-17-18-15(21-14)19-9-6-12(7-10-19)20-13-5-3-8-16-11-13/h3,5,8,11-12H,2,4,6-7,9-10H2,1H3. The average molecular weight is 288 g/mol. The molecule has 0 amide bonds. The summed E-state index contributed by atoms with van der Waals surface area (Å²) in [4.78, 5) is 6.20. The molecule has 0 aliphatic carbocycles. The van der Waals surface area contributed by atoms with Gasteiger partial charge in [0.25, 0.3) is 0 Å². The van der Waals surface area contributed by atoms with Crippen molar-refractivity contribution in [2.75, 3.05) is 18.0 Å². The number of hydrogen-bond donors (Lipinski definition) is 0. The Morgan fingerprint density at radius 3 is 2.90 bits per heavy atom. The summed E-state index contributed by atoms with van der Waals surface area (Å²) in [7, 11) is 0. The van der Waals surface area contributed by atoms with Crippen LogP contribution in [0.4, 0.5) is 6.01 Å². The van der Waals surface area contributed by atoms with Crippen LogP contribution in [0.25, 0.3) is 0 Å². The van der Waals surface area contributed by atoms with Crippen LogP contribution in [0.1, 0.15) is 32.1 Å². The summed E-state index contributed by atoms with van der Waals surface area (Å²) < 4.78 is 11.6. The number of hydrogen-bond acceptors (Lipinski definition) is 6.